The van der Waals surface area contributed by atoms with E-state index in [0.717, 1.165) is 11.0 Å². The van der Waals surface area contributed by atoms with Gasteiger partial charge in [-0.05, 0) is 31.2 Å². The molecule has 0 aliphatic heterocycles. The molecule has 3 rings (SSSR count). The number of carbonyl (C=O) groups is 1. The van der Waals surface area contributed by atoms with Crippen LogP contribution in [-0.4, -0.2) is 17.1 Å². The smallest absolute Gasteiger partial charge is 0.266 e. The molecule has 5 nitrogen and oxygen atoms in total. The van der Waals surface area contributed by atoms with E-state index in [1.165, 1.54) is 0 Å². The van der Waals surface area contributed by atoms with Crippen LogP contribution in [0, 0.1) is 0 Å². The third kappa shape index (κ3) is 3.15. The average Bonchev–Trinajstić information content (AvgIpc) is 2.95. The first kappa shape index (κ1) is 15.8. The van der Waals surface area contributed by atoms with E-state index in [4.69, 9.17) is 4.74 Å². The van der Waals surface area contributed by atoms with Crippen LogP contribution < -0.4 is 14.6 Å². The minimum atomic E-state index is -0.112. The van der Waals surface area contributed by atoms with Gasteiger partial charge in [-0.1, -0.05) is 30.8 Å². The van der Waals surface area contributed by atoms with Crippen LogP contribution in [0.5, 0.6) is 5.75 Å². The molecule has 1 heterocycles. The Bertz CT molecular complexity index is 883. The Kier molecular flexibility index (Phi) is 4.61. The van der Waals surface area contributed by atoms with Crippen LogP contribution in [0.2, 0.25) is 0 Å². The highest BCUT2D eigenvalue weighted by Crippen LogP contribution is 2.23. The molecule has 0 unspecified atom stereocenters. The normalized spacial score (nSPS) is 10.5. The molecule has 0 atom stereocenters. The highest BCUT2D eigenvalue weighted by atomic mass is 16.5. The van der Waals surface area contributed by atoms with Crippen molar-refractivity contribution < 1.29 is 14.1 Å². The number of nitrogens with one attached hydrogen (secondary N) is 1. The Balaban J connectivity index is 1.82. The average molecular weight is 322 g/mol. The summed E-state index contributed by atoms with van der Waals surface area (Å²) >= 11 is 0. The number of aromatic nitrogens is 2. The Hall–Kier alpha value is -3.08. The summed E-state index contributed by atoms with van der Waals surface area (Å²) in [4.78, 5) is 12.5. The van der Waals surface area contributed by atoms with Crippen molar-refractivity contribution in [2.75, 3.05) is 11.9 Å². The molecular weight excluding hydrogens is 302 g/mol. The van der Waals surface area contributed by atoms with E-state index in [9.17, 15) is 4.79 Å². The fraction of sp³-hybridized carbons (Fsp3) is 0.158. The first-order valence-corrected chi connectivity index (χ1v) is 7.86. The molecule has 122 valence electrons. The van der Waals surface area contributed by atoms with Gasteiger partial charge in [0.15, 0.2) is 17.6 Å². The summed E-state index contributed by atoms with van der Waals surface area (Å²) in [7, 11) is 0. The summed E-state index contributed by atoms with van der Waals surface area (Å²) < 4.78 is 9.34. The zero-order valence-electron chi connectivity index (χ0n) is 13.6. The topological polar surface area (TPSA) is 47.1 Å². The van der Waals surface area contributed by atoms with Crippen molar-refractivity contribution in [3.63, 3.8) is 0 Å². The maximum absolute atomic E-state index is 12.5. The second kappa shape index (κ2) is 7.00. The number of hydrogen-bond donors (Lipinski definition) is 1. The molecule has 0 saturated carbocycles. The van der Waals surface area contributed by atoms with Gasteiger partial charge in [-0.25, -0.2) is 9.13 Å². The van der Waals surface area contributed by atoms with E-state index in [0.29, 0.717) is 18.0 Å². The van der Waals surface area contributed by atoms with Gasteiger partial charge in [-0.2, -0.15) is 0 Å². The minimum Gasteiger partial charge on any atom is -0.492 e. The molecule has 2 aromatic carbocycles. The zero-order valence-corrected chi connectivity index (χ0v) is 13.6. The van der Waals surface area contributed by atoms with Gasteiger partial charge in [-0.3, -0.25) is 4.79 Å². The number of hydrogen-bond acceptors (Lipinski definition) is 2. The summed E-state index contributed by atoms with van der Waals surface area (Å²) in [6.45, 7) is 6.48. The summed E-state index contributed by atoms with van der Waals surface area (Å²) in [6, 6.07) is 15.3. The van der Waals surface area contributed by atoms with Gasteiger partial charge in [0.25, 0.3) is 5.91 Å². The van der Waals surface area contributed by atoms with Crippen molar-refractivity contribution in [2.24, 2.45) is 0 Å². The van der Waals surface area contributed by atoms with Gasteiger partial charge >= 0.3 is 0 Å². The Morgan fingerprint density at radius 2 is 2.00 bits per heavy atom. The Morgan fingerprint density at radius 1 is 1.25 bits per heavy atom. The Morgan fingerprint density at radius 3 is 2.79 bits per heavy atom. The van der Waals surface area contributed by atoms with Gasteiger partial charge in [0.1, 0.15) is 5.75 Å². The summed E-state index contributed by atoms with van der Waals surface area (Å²) in [5.74, 6) is 0.561. The first-order chi connectivity index (χ1) is 11.7. The number of ether oxygens (including phenoxy) is 1. The highest BCUT2D eigenvalue weighted by molar-refractivity contribution is 5.91. The molecule has 1 N–H and O–H groups in total. The summed E-state index contributed by atoms with van der Waals surface area (Å²) in [5, 5.41) is 2.92. The molecule has 5 heteroatoms. The maximum atomic E-state index is 12.5. The first-order valence-electron chi connectivity index (χ1n) is 7.86. The molecule has 0 aliphatic rings. The number of benzene rings is 2. The molecule has 0 aliphatic carbocycles. The van der Waals surface area contributed by atoms with E-state index in [-0.39, 0.29) is 12.5 Å². The predicted molar refractivity (Wildman–Crippen MR) is 94.8 cm³/mol. The van der Waals surface area contributed by atoms with Crippen LogP contribution in [0.15, 0.2) is 61.4 Å². The number of imidazole rings is 1. The summed E-state index contributed by atoms with van der Waals surface area (Å²) in [6.07, 6.45) is 3.59. The maximum Gasteiger partial charge on any atom is 0.266 e. The lowest BCUT2D eigenvalue weighted by Crippen LogP contribution is -2.39. The molecule has 3 aromatic rings. The van der Waals surface area contributed by atoms with Crippen molar-refractivity contribution in [1.29, 1.82) is 0 Å². The lowest BCUT2D eigenvalue weighted by atomic mass is 10.3. The lowest BCUT2D eigenvalue weighted by Gasteiger charge is -2.10. The van der Waals surface area contributed by atoms with E-state index in [2.05, 4.69) is 11.9 Å². The van der Waals surface area contributed by atoms with Crippen molar-refractivity contribution in [3.05, 3.63) is 61.4 Å². The second-order valence-electron chi connectivity index (χ2n) is 5.30. The van der Waals surface area contributed by atoms with Crippen molar-refractivity contribution in [1.82, 2.24) is 4.57 Å². The number of para-hydroxylation sites is 4. The molecule has 0 radical (unpaired) electrons. The molecule has 0 bridgehead atoms. The van der Waals surface area contributed by atoms with E-state index < -0.39 is 0 Å². The van der Waals surface area contributed by atoms with Gasteiger partial charge < -0.3 is 10.1 Å². The standard InChI is InChI=1S/C19H19N3O2/c1-3-21-14-22(17-11-7-6-10-16(17)21)13-19(23)20-15-9-5-8-12-18(15)24-4-2/h3,5-12,14H,1,4,13H2,2H3/p+1. The number of nitrogens with zero attached hydrogens (tertiary/aromatic N) is 2. The van der Waals surface area contributed by atoms with Crippen molar-refractivity contribution in [3.8, 4) is 5.75 Å². The third-order valence-corrected chi connectivity index (χ3v) is 3.70. The molecular formula is C19H20N3O2+. The van der Waals surface area contributed by atoms with Crippen LogP contribution in [-0.2, 0) is 11.3 Å². The predicted octanol–water partition coefficient (Wildman–Crippen LogP) is 3.07. The zero-order chi connectivity index (χ0) is 16.9. The number of anilines is 1. The van der Waals surface area contributed by atoms with Gasteiger partial charge in [0, 0.05) is 0 Å². The van der Waals surface area contributed by atoms with Crippen LogP contribution in [0.4, 0.5) is 5.69 Å². The quantitative estimate of drug-likeness (QED) is 0.709. The summed E-state index contributed by atoms with van der Waals surface area (Å²) in [5.41, 5.74) is 2.66. The molecule has 24 heavy (non-hydrogen) atoms. The monoisotopic (exact) mass is 322 g/mol. The molecule has 0 saturated heterocycles. The number of carbonyl (C=O) groups excluding carboxylic acids is 1. The number of fused-ring (bicyclic) bond motifs is 1. The fourth-order valence-electron chi connectivity index (χ4n) is 2.67. The van der Waals surface area contributed by atoms with Crippen LogP contribution in [0.25, 0.3) is 17.2 Å². The molecule has 1 aromatic heterocycles. The van der Waals surface area contributed by atoms with Crippen molar-refractivity contribution >= 4 is 28.8 Å². The van der Waals surface area contributed by atoms with E-state index >= 15 is 0 Å². The highest BCUT2D eigenvalue weighted by Gasteiger charge is 2.17. The van der Waals surface area contributed by atoms with Gasteiger partial charge in [0.05, 0.1) is 18.5 Å². The number of rotatable bonds is 6. The second-order valence-corrected chi connectivity index (χ2v) is 5.30. The van der Waals surface area contributed by atoms with Crippen molar-refractivity contribution in [2.45, 2.75) is 13.5 Å². The third-order valence-electron chi connectivity index (χ3n) is 3.70. The van der Waals surface area contributed by atoms with Gasteiger partial charge in [-0.15, -0.1) is 0 Å². The molecule has 1 amide bonds. The number of amides is 1. The van der Waals surface area contributed by atoms with Crippen LogP contribution in [0.3, 0.4) is 0 Å². The Labute approximate surface area is 140 Å². The SMILES string of the molecule is C=Cn1c[n+](CC(=O)Nc2ccccc2OCC)c2ccccc21. The fourth-order valence-corrected chi connectivity index (χ4v) is 2.67. The lowest BCUT2D eigenvalue weighted by molar-refractivity contribution is -0.658. The minimum absolute atomic E-state index is 0.112. The van der Waals surface area contributed by atoms with Gasteiger partial charge in [0.2, 0.25) is 6.33 Å². The molecule has 0 spiro atoms. The van der Waals surface area contributed by atoms with Crippen LogP contribution in [0.1, 0.15) is 6.92 Å². The molecule has 0 fully saturated rings. The van der Waals surface area contributed by atoms with Crippen LogP contribution >= 0.6 is 0 Å². The van der Waals surface area contributed by atoms with E-state index in [1.807, 2.05) is 70.9 Å². The van der Waals surface area contributed by atoms with E-state index in [1.54, 1.807) is 6.20 Å². The largest absolute Gasteiger partial charge is 0.492 e.